The largest absolute Gasteiger partial charge is 0.323 e. The summed E-state index contributed by atoms with van der Waals surface area (Å²) in [7, 11) is 0. The number of carbonyl (C=O) groups excluding carboxylic acids is 2. The predicted molar refractivity (Wildman–Crippen MR) is 123 cm³/mol. The van der Waals surface area contributed by atoms with E-state index in [9.17, 15) is 9.59 Å². The van der Waals surface area contributed by atoms with Crippen molar-refractivity contribution >= 4 is 17.3 Å². The van der Waals surface area contributed by atoms with Crippen molar-refractivity contribution in [3.05, 3.63) is 64.0 Å². The van der Waals surface area contributed by atoms with Crippen LogP contribution in [0.2, 0.25) is 0 Å². The molecular formula is C26H31N3O2. The second-order valence-electron chi connectivity index (χ2n) is 10.3. The van der Waals surface area contributed by atoms with Crippen LogP contribution in [-0.2, 0) is 20.4 Å². The number of pyridine rings is 1. The molecule has 162 valence electrons. The predicted octanol–water partition coefficient (Wildman–Crippen LogP) is 4.47. The summed E-state index contributed by atoms with van der Waals surface area (Å²) >= 11 is 0. The molecule has 1 heterocycles. The average Bonchev–Trinajstić information content (AvgIpc) is 3.06. The number of rotatable bonds is 3. The fraction of sp³-hybridized carbons (Fsp3) is 0.462. The van der Waals surface area contributed by atoms with Gasteiger partial charge in [0, 0.05) is 24.6 Å². The Morgan fingerprint density at radius 2 is 1.58 bits per heavy atom. The summed E-state index contributed by atoms with van der Waals surface area (Å²) in [4.78, 5) is 28.7. The zero-order chi connectivity index (χ0) is 22.6. The lowest BCUT2D eigenvalue weighted by molar-refractivity contribution is -0.123. The van der Waals surface area contributed by atoms with Gasteiger partial charge in [0.25, 0.3) is 0 Å². The van der Waals surface area contributed by atoms with Gasteiger partial charge in [0.05, 0.1) is 5.69 Å². The molecule has 0 aliphatic heterocycles. The summed E-state index contributed by atoms with van der Waals surface area (Å²) in [6, 6.07) is 8.13. The molecule has 31 heavy (non-hydrogen) atoms. The van der Waals surface area contributed by atoms with Gasteiger partial charge in [-0.2, -0.15) is 5.10 Å². The molecule has 1 aromatic carbocycles. The minimum Gasteiger partial charge on any atom is -0.323 e. The van der Waals surface area contributed by atoms with Crippen molar-refractivity contribution < 1.29 is 9.59 Å². The maximum Gasteiger partial charge on any atom is 0.148 e. The second-order valence-corrected chi connectivity index (χ2v) is 10.3. The zero-order valence-electron chi connectivity index (χ0n) is 19.1. The Bertz CT molecular complexity index is 1080. The summed E-state index contributed by atoms with van der Waals surface area (Å²) in [6.07, 6.45) is 4.54. The van der Waals surface area contributed by atoms with Crippen molar-refractivity contribution in [3.63, 3.8) is 0 Å². The van der Waals surface area contributed by atoms with E-state index < -0.39 is 5.92 Å². The van der Waals surface area contributed by atoms with Crippen molar-refractivity contribution in [2.75, 3.05) is 0 Å². The number of aryl methyl sites for hydroxylation is 1. The van der Waals surface area contributed by atoms with Gasteiger partial charge in [0.2, 0.25) is 0 Å². The van der Waals surface area contributed by atoms with Gasteiger partial charge in [-0.15, -0.1) is 0 Å². The van der Waals surface area contributed by atoms with E-state index in [-0.39, 0.29) is 22.4 Å². The summed E-state index contributed by atoms with van der Waals surface area (Å²) in [6.45, 7) is 11.3. The van der Waals surface area contributed by atoms with Gasteiger partial charge in [-0.3, -0.25) is 14.6 Å². The molecule has 0 atom stereocenters. The van der Waals surface area contributed by atoms with Crippen LogP contribution in [-0.4, -0.2) is 22.3 Å². The van der Waals surface area contributed by atoms with E-state index in [1.54, 1.807) is 12.3 Å². The number of hydrogen-bond donors (Lipinski definition) is 1. The third kappa shape index (κ3) is 3.60. The van der Waals surface area contributed by atoms with E-state index >= 15 is 0 Å². The fourth-order valence-electron chi connectivity index (χ4n) is 5.05. The average molecular weight is 418 g/mol. The lowest BCUT2D eigenvalue weighted by atomic mass is 9.62. The standard InChI is InChI=1S/C26H31N3O2/c1-15-12-18-19(26(4,5)11-10-25(18,2)3)13-17(15)24(29-27)20-7-6-16(14-28-20)23-21(30)8-9-22(23)31/h6-7,12-14,23H,8-11,27H2,1-5H3/b29-24-. The van der Waals surface area contributed by atoms with Crippen LogP contribution in [0.5, 0.6) is 0 Å². The minimum atomic E-state index is -0.673. The molecule has 1 fully saturated rings. The Balaban J connectivity index is 1.75. The molecule has 0 amide bonds. The molecule has 5 heteroatoms. The van der Waals surface area contributed by atoms with Crippen molar-refractivity contribution in [2.24, 2.45) is 10.9 Å². The third-order valence-corrected chi connectivity index (χ3v) is 7.21. The van der Waals surface area contributed by atoms with Gasteiger partial charge in [0.15, 0.2) is 0 Å². The minimum absolute atomic E-state index is 0.0253. The summed E-state index contributed by atoms with van der Waals surface area (Å²) in [5, 5.41) is 4.10. The van der Waals surface area contributed by atoms with Crippen molar-refractivity contribution in [2.45, 2.75) is 77.0 Å². The van der Waals surface area contributed by atoms with E-state index in [2.05, 4.69) is 56.8 Å². The van der Waals surface area contributed by atoms with Crippen molar-refractivity contribution in [1.82, 2.24) is 4.98 Å². The summed E-state index contributed by atoms with van der Waals surface area (Å²) in [5.41, 5.74) is 6.93. The molecule has 2 aliphatic carbocycles. The number of nitrogens with zero attached hydrogens (tertiary/aromatic N) is 2. The molecule has 0 spiro atoms. The first-order chi connectivity index (χ1) is 14.5. The Morgan fingerprint density at radius 1 is 1.00 bits per heavy atom. The molecule has 2 N–H and O–H groups in total. The smallest absolute Gasteiger partial charge is 0.148 e. The van der Waals surface area contributed by atoms with E-state index in [4.69, 9.17) is 5.84 Å². The molecule has 4 rings (SSSR count). The molecule has 0 bridgehead atoms. The molecule has 2 aromatic rings. The van der Waals surface area contributed by atoms with Crippen LogP contribution in [0.3, 0.4) is 0 Å². The van der Waals surface area contributed by atoms with Crippen LogP contribution < -0.4 is 5.84 Å². The number of hydrogen-bond acceptors (Lipinski definition) is 5. The molecule has 0 unspecified atom stereocenters. The monoisotopic (exact) mass is 417 g/mol. The first-order valence-electron chi connectivity index (χ1n) is 11.0. The number of fused-ring (bicyclic) bond motifs is 1. The van der Waals surface area contributed by atoms with E-state index in [0.29, 0.717) is 29.8 Å². The van der Waals surface area contributed by atoms with Gasteiger partial charge in [-0.05, 0) is 65.0 Å². The molecule has 1 aromatic heterocycles. The molecule has 1 saturated carbocycles. The quantitative estimate of drug-likeness (QED) is 0.346. The van der Waals surface area contributed by atoms with E-state index in [1.165, 1.54) is 11.1 Å². The molecular weight excluding hydrogens is 386 g/mol. The van der Waals surface area contributed by atoms with E-state index in [1.807, 2.05) is 6.07 Å². The highest BCUT2D eigenvalue weighted by molar-refractivity contribution is 6.14. The first kappa shape index (κ1) is 21.4. The first-order valence-corrected chi connectivity index (χ1v) is 11.0. The Morgan fingerprint density at radius 3 is 2.10 bits per heavy atom. The van der Waals surface area contributed by atoms with Crippen LogP contribution in [0, 0.1) is 6.92 Å². The van der Waals surface area contributed by atoms with Crippen LogP contribution in [0.4, 0.5) is 0 Å². The number of aromatic nitrogens is 1. The van der Waals surface area contributed by atoms with Crippen LogP contribution in [0.1, 0.15) is 92.8 Å². The SMILES string of the molecule is Cc1cc2c(cc1/C(=N/N)c1ccc(C3C(=O)CCC3=O)cn1)C(C)(C)CCC2(C)C. The maximum absolute atomic E-state index is 12.1. The zero-order valence-corrected chi connectivity index (χ0v) is 19.1. The van der Waals surface area contributed by atoms with Gasteiger partial charge >= 0.3 is 0 Å². The topological polar surface area (TPSA) is 85.4 Å². The highest BCUT2D eigenvalue weighted by Gasteiger charge is 2.38. The number of benzene rings is 1. The third-order valence-electron chi connectivity index (χ3n) is 7.21. The molecule has 2 aliphatic rings. The second kappa shape index (κ2) is 7.40. The number of ketones is 2. The summed E-state index contributed by atoms with van der Waals surface area (Å²) < 4.78 is 0. The Kier molecular flexibility index (Phi) is 5.11. The fourth-order valence-corrected chi connectivity index (χ4v) is 5.05. The number of hydrazone groups is 1. The number of carbonyl (C=O) groups is 2. The highest BCUT2D eigenvalue weighted by atomic mass is 16.2. The normalized spacial score (nSPS) is 20.7. The summed E-state index contributed by atoms with van der Waals surface area (Å²) in [5.74, 6) is 5.12. The Hall–Kier alpha value is -2.82. The van der Waals surface area contributed by atoms with Crippen LogP contribution in [0.25, 0.3) is 0 Å². The Labute approximate surface area is 184 Å². The molecule has 0 radical (unpaired) electrons. The highest BCUT2D eigenvalue weighted by Crippen LogP contribution is 2.46. The van der Waals surface area contributed by atoms with E-state index in [0.717, 1.165) is 24.0 Å². The van der Waals surface area contributed by atoms with Gasteiger partial charge in [0.1, 0.15) is 23.2 Å². The number of Topliss-reactive ketones (excluding diaryl/α,β-unsaturated/α-hetero) is 2. The number of nitrogens with two attached hydrogens (primary N) is 1. The van der Waals surface area contributed by atoms with Crippen LogP contribution >= 0.6 is 0 Å². The van der Waals surface area contributed by atoms with Crippen molar-refractivity contribution in [3.8, 4) is 0 Å². The molecule has 5 nitrogen and oxygen atoms in total. The lowest BCUT2D eigenvalue weighted by Gasteiger charge is -2.42. The molecule has 0 saturated heterocycles. The van der Waals surface area contributed by atoms with Crippen molar-refractivity contribution in [1.29, 1.82) is 0 Å². The van der Waals surface area contributed by atoms with Gasteiger partial charge in [-0.1, -0.05) is 39.8 Å². The maximum atomic E-state index is 12.1. The van der Waals surface area contributed by atoms with Gasteiger partial charge in [-0.25, -0.2) is 0 Å². The lowest BCUT2D eigenvalue weighted by Crippen LogP contribution is -2.34. The van der Waals surface area contributed by atoms with Crippen LogP contribution in [0.15, 0.2) is 35.6 Å². The van der Waals surface area contributed by atoms with Gasteiger partial charge < -0.3 is 5.84 Å².